The molecule has 2 aromatic carbocycles. The van der Waals surface area contributed by atoms with Crippen molar-refractivity contribution in [3.63, 3.8) is 0 Å². The second-order valence-corrected chi connectivity index (χ2v) is 11.3. The van der Waals surface area contributed by atoms with Crippen LogP contribution >= 0.6 is 0 Å². The molecule has 1 unspecified atom stereocenters. The minimum absolute atomic E-state index is 0.0251. The molecule has 4 aromatic rings. The van der Waals surface area contributed by atoms with Crippen molar-refractivity contribution in [1.29, 1.82) is 0 Å². The second-order valence-electron chi connectivity index (χ2n) is 11.3. The summed E-state index contributed by atoms with van der Waals surface area (Å²) in [5.41, 5.74) is 5.69. The number of rotatable bonds is 2. The van der Waals surface area contributed by atoms with Crippen molar-refractivity contribution in [1.82, 2.24) is 20.0 Å². The molecule has 8 heteroatoms. The molecule has 1 atom stereocenters. The van der Waals surface area contributed by atoms with Crippen LogP contribution in [0.2, 0.25) is 0 Å². The van der Waals surface area contributed by atoms with Gasteiger partial charge in [0.25, 0.3) is 0 Å². The van der Waals surface area contributed by atoms with E-state index < -0.39 is 5.92 Å². The van der Waals surface area contributed by atoms with Gasteiger partial charge in [0.15, 0.2) is 17.2 Å². The average Bonchev–Trinajstić information content (AvgIpc) is 3.38. The number of Topliss-reactive ketones (excluding diaryl/α,β-unsaturated/α-hetero) is 2. The monoisotopic (exact) mass is 507 g/mol. The van der Waals surface area contributed by atoms with Crippen LogP contribution < -0.4 is 4.90 Å². The molecule has 3 aliphatic rings. The molecular formula is C30H26FN5O2. The van der Waals surface area contributed by atoms with Gasteiger partial charge in [-0.05, 0) is 71.5 Å². The number of carbonyl (C=O) groups excluding carboxylic acids is 2. The minimum atomic E-state index is -0.564. The minimum Gasteiger partial charge on any atom is -0.317 e. The van der Waals surface area contributed by atoms with E-state index in [0.717, 1.165) is 40.0 Å². The number of fused-ring (bicyclic) bond motifs is 3. The van der Waals surface area contributed by atoms with Gasteiger partial charge in [0.2, 0.25) is 0 Å². The number of ketones is 2. The van der Waals surface area contributed by atoms with E-state index in [1.54, 1.807) is 16.6 Å². The smallest absolute Gasteiger partial charge is 0.184 e. The van der Waals surface area contributed by atoms with Gasteiger partial charge in [-0.3, -0.25) is 9.59 Å². The first-order chi connectivity index (χ1) is 18.3. The molecule has 7 nitrogen and oxygen atoms in total. The van der Waals surface area contributed by atoms with Crippen LogP contribution in [0, 0.1) is 11.2 Å². The highest BCUT2D eigenvalue weighted by Crippen LogP contribution is 2.53. The quantitative estimate of drug-likeness (QED) is 0.348. The van der Waals surface area contributed by atoms with Gasteiger partial charge in [-0.25, -0.2) is 4.39 Å². The molecule has 0 fully saturated rings. The van der Waals surface area contributed by atoms with Crippen molar-refractivity contribution in [3.8, 4) is 0 Å². The Labute approximate surface area is 218 Å². The van der Waals surface area contributed by atoms with Crippen LogP contribution in [-0.2, 0) is 9.59 Å². The topological polar surface area (TPSA) is 80.5 Å². The molecule has 0 spiro atoms. The second kappa shape index (κ2) is 8.15. The molecule has 0 radical (unpaired) electrons. The van der Waals surface area contributed by atoms with E-state index in [2.05, 4.69) is 34.3 Å². The van der Waals surface area contributed by atoms with Crippen molar-refractivity contribution < 1.29 is 14.0 Å². The molecular weight excluding hydrogens is 481 g/mol. The lowest BCUT2D eigenvalue weighted by Gasteiger charge is -2.46. The maximum Gasteiger partial charge on any atom is 0.184 e. The standard InChI is InChI=1S/C30H26FN5O2/c1-30(2)15-23-28(25(38)16-30)26(20-14-17-6-3-4-7-21(17)36-29(20)32-33-34-36)27-22(8-5-9-24(27)37)35(23)19-12-10-18(31)11-13-19/h3-4,6-7,10-14,26H,5,8-9,15-16H2,1-2H3. The van der Waals surface area contributed by atoms with Gasteiger partial charge in [0.1, 0.15) is 5.82 Å². The van der Waals surface area contributed by atoms with Crippen molar-refractivity contribution in [2.75, 3.05) is 4.90 Å². The number of pyridine rings is 1. The van der Waals surface area contributed by atoms with E-state index in [0.29, 0.717) is 42.5 Å². The molecule has 0 saturated heterocycles. The summed E-state index contributed by atoms with van der Waals surface area (Å²) in [6.07, 6.45) is 2.87. The Bertz CT molecular complexity index is 1730. The lowest BCUT2D eigenvalue weighted by atomic mass is 9.66. The number of benzene rings is 2. The number of nitrogens with zero attached hydrogens (tertiary/aromatic N) is 5. The Hall–Kier alpha value is -4.20. The molecule has 1 aliphatic heterocycles. The number of tetrazole rings is 1. The third-order valence-electron chi connectivity index (χ3n) is 8.04. The maximum atomic E-state index is 14.0. The number of halogens is 1. The SMILES string of the molecule is CC1(C)CC(=O)C2=C(C1)N(c1ccc(F)cc1)C1=C(C(=O)CCC1)C2c1cc2ccccc2n2nnnc12. The highest BCUT2D eigenvalue weighted by atomic mass is 19.1. The molecule has 0 bridgehead atoms. The highest BCUT2D eigenvalue weighted by molar-refractivity contribution is 6.08. The van der Waals surface area contributed by atoms with E-state index in [9.17, 15) is 14.0 Å². The Morgan fingerprint density at radius 3 is 2.50 bits per heavy atom. The van der Waals surface area contributed by atoms with Crippen molar-refractivity contribution in [2.45, 2.75) is 51.9 Å². The van der Waals surface area contributed by atoms with Gasteiger partial charge in [0.05, 0.1) is 5.52 Å². The molecule has 0 N–H and O–H groups in total. The maximum absolute atomic E-state index is 14.0. The number of hydrogen-bond donors (Lipinski definition) is 0. The van der Waals surface area contributed by atoms with Crippen LogP contribution in [-0.4, -0.2) is 31.6 Å². The first-order valence-corrected chi connectivity index (χ1v) is 13.0. The molecule has 2 aliphatic carbocycles. The lowest BCUT2D eigenvalue weighted by Crippen LogP contribution is -2.42. The van der Waals surface area contributed by atoms with Gasteiger partial charge in [0, 0.05) is 57.9 Å². The van der Waals surface area contributed by atoms with Crippen LogP contribution in [0.5, 0.6) is 0 Å². The van der Waals surface area contributed by atoms with Crippen LogP contribution in [0.25, 0.3) is 16.6 Å². The zero-order valence-electron chi connectivity index (χ0n) is 21.2. The fourth-order valence-corrected chi connectivity index (χ4v) is 6.53. The summed E-state index contributed by atoms with van der Waals surface area (Å²) >= 11 is 0. The van der Waals surface area contributed by atoms with E-state index in [1.807, 2.05) is 30.3 Å². The van der Waals surface area contributed by atoms with Gasteiger partial charge in [-0.15, -0.1) is 5.10 Å². The van der Waals surface area contributed by atoms with Gasteiger partial charge in [-0.2, -0.15) is 4.52 Å². The number of aromatic nitrogens is 4. The van der Waals surface area contributed by atoms with Gasteiger partial charge in [-0.1, -0.05) is 32.0 Å². The molecule has 38 heavy (non-hydrogen) atoms. The third-order valence-corrected chi connectivity index (χ3v) is 8.04. The van der Waals surface area contributed by atoms with Crippen molar-refractivity contribution >= 4 is 33.8 Å². The molecule has 3 heterocycles. The molecule has 0 amide bonds. The molecule has 2 aromatic heterocycles. The Morgan fingerprint density at radius 2 is 1.68 bits per heavy atom. The first-order valence-electron chi connectivity index (χ1n) is 13.0. The summed E-state index contributed by atoms with van der Waals surface area (Å²) in [6, 6.07) is 16.2. The van der Waals surface area contributed by atoms with Crippen molar-refractivity contribution in [3.05, 3.63) is 88.5 Å². The molecule has 7 rings (SSSR count). The average molecular weight is 508 g/mol. The van der Waals surface area contributed by atoms with Crippen LogP contribution in [0.3, 0.4) is 0 Å². The largest absolute Gasteiger partial charge is 0.317 e. The van der Waals surface area contributed by atoms with Gasteiger partial charge < -0.3 is 4.90 Å². The number of para-hydroxylation sites is 1. The third kappa shape index (κ3) is 3.36. The predicted molar refractivity (Wildman–Crippen MR) is 141 cm³/mol. The number of allylic oxidation sites excluding steroid dienone is 4. The predicted octanol–water partition coefficient (Wildman–Crippen LogP) is 5.67. The summed E-state index contributed by atoms with van der Waals surface area (Å²) in [7, 11) is 0. The van der Waals surface area contributed by atoms with E-state index >= 15 is 0 Å². The summed E-state index contributed by atoms with van der Waals surface area (Å²) in [6.45, 7) is 4.19. The zero-order chi connectivity index (χ0) is 26.2. The van der Waals surface area contributed by atoms with E-state index in [1.165, 1.54) is 12.1 Å². The van der Waals surface area contributed by atoms with Gasteiger partial charge >= 0.3 is 0 Å². The van der Waals surface area contributed by atoms with Crippen molar-refractivity contribution in [2.24, 2.45) is 5.41 Å². The fraction of sp³-hybridized carbons (Fsp3) is 0.300. The number of hydrogen-bond acceptors (Lipinski definition) is 6. The number of anilines is 1. The normalized spacial score (nSPS) is 21.3. The van der Waals surface area contributed by atoms with Crippen LogP contribution in [0.4, 0.5) is 10.1 Å². The zero-order valence-corrected chi connectivity index (χ0v) is 21.2. The molecule has 0 saturated carbocycles. The van der Waals surface area contributed by atoms with Crippen LogP contribution in [0.1, 0.15) is 57.4 Å². The lowest BCUT2D eigenvalue weighted by molar-refractivity contribution is -0.118. The summed E-state index contributed by atoms with van der Waals surface area (Å²) in [5, 5.41) is 13.5. The van der Waals surface area contributed by atoms with Crippen LogP contribution in [0.15, 0.2) is 77.1 Å². The van der Waals surface area contributed by atoms with E-state index in [4.69, 9.17) is 0 Å². The fourth-order valence-electron chi connectivity index (χ4n) is 6.53. The summed E-state index contributed by atoms with van der Waals surface area (Å²) < 4.78 is 15.6. The summed E-state index contributed by atoms with van der Waals surface area (Å²) in [5.74, 6) is -0.834. The first kappa shape index (κ1) is 23.0. The number of carbonyl (C=O) groups is 2. The summed E-state index contributed by atoms with van der Waals surface area (Å²) in [4.78, 5) is 29.9. The molecule has 190 valence electrons. The Balaban J connectivity index is 1.57. The Morgan fingerprint density at radius 1 is 0.921 bits per heavy atom. The highest BCUT2D eigenvalue weighted by Gasteiger charge is 2.47. The Kier molecular flexibility index (Phi) is 4.92. The van der Waals surface area contributed by atoms with E-state index in [-0.39, 0.29) is 22.8 Å².